The maximum atomic E-state index is 11.2. The summed E-state index contributed by atoms with van der Waals surface area (Å²) < 4.78 is 0. The van der Waals surface area contributed by atoms with E-state index in [1.165, 1.54) is 18.7 Å². The van der Waals surface area contributed by atoms with Gasteiger partial charge in [-0.25, -0.2) is 0 Å². The lowest BCUT2D eigenvalue weighted by atomic mass is 10.3. The van der Waals surface area contributed by atoms with Crippen LogP contribution in [0.1, 0.15) is 13.8 Å². The van der Waals surface area contributed by atoms with Gasteiger partial charge in [0.2, 0.25) is 0 Å². The first-order chi connectivity index (χ1) is 7.63. The number of benzene rings is 1. The van der Waals surface area contributed by atoms with Crippen LogP contribution in [0.25, 0.3) is 0 Å². The maximum absolute atomic E-state index is 11.2. The van der Waals surface area contributed by atoms with E-state index in [1.807, 2.05) is 6.92 Å². The fourth-order valence-electron chi connectivity index (χ4n) is 0.989. The smallest absolute Gasteiger partial charge is 0.186 e. The molecule has 1 rings (SSSR count). The minimum atomic E-state index is -0.0340. The Hall–Kier alpha value is -1.00. The minimum absolute atomic E-state index is 0.0340. The van der Waals surface area contributed by atoms with Gasteiger partial charge < -0.3 is 0 Å². The monoisotopic (exact) mass is 256 g/mol. The van der Waals surface area contributed by atoms with E-state index in [-0.39, 0.29) is 5.78 Å². The Bertz CT molecular complexity index is 389. The standard InChI is InChI=1S/C11H13ClN2OS/c1-3-16-11(8(2)15)14-13-10-6-4-9(12)5-7-10/h4-7,13H,3H2,1-2H3. The van der Waals surface area contributed by atoms with E-state index in [0.29, 0.717) is 10.1 Å². The number of rotatable bonds is 4. The second-order valence-corrected chi connectivity index (χ2v) is 4.71. The molecule has 1 N–H and O–H groups in total. The summed E-state index contributed by atoms with van der Waals surface area (Å²) in [6, 6.07) is 7.14. The summed E-state index contributed by atoms with van der Waals surface area (Å²) in [6.45, 7) is 3.48. The van der Waals surface area contributed by atoms with Gasteiger partial charge in [-0.15, -0.1) is 11.8 Å². The number of hydrogen-bond acceptors (Lipinski definition) is 4. The topological polar surface area (TPSA) is 41.5 Å². The molecule has 0 aliphatic heterocycles. The quantitative estimate of drug-likeness (QED) is 0.510. The van der Waals surface area contributed by atoms with Gasteiger partial charge >= 0.3 is 0 Å². The van der Waals surface area contributed by atoms with E-state index < -0.39 is 0 Å². The van der Waals surface area contributed by atoms with Gasteiger partial charge in [-0.05, 0) is 30.0 Å². The van der Waals surface area contributed by atoms with Gasteiger partial charge in [-0.2, -0.15) is 5.10 Å². The maximum Gasteiger partial charge on any atom is 0.186 e. The van der Waals surface area contributed by atoms with Crippen molar-refractivity contribution in [1.29, 1.82) is 0 Å². The van der Waals surface area contributed by atoms with Crippen LogP contribution in [0.15, 0.2) is 29.4 Å². The molecule has 0 aromatic heterocycles. The predicted octanol–water partition coefficient (Wildman–Crippen LogP) is 3.41. The number of nitrogens with one attached hydrogen (secondary N) is 1. The number of hydrazone groups is 1. The molecule has 0 saturated heterocycles. The SMILES string of the molecule is CCSC(=NNc1ccc(Cl)cc1)C(C)=O. The lowest BCUT2D eigenvalue weighted by molar-refractivity contribution is -0.110. The molecule has 0 bridgehead atoms. The first-order valence-electron chi connectivity index (χ1n) is 4.86. The Morgan fingerprint density at radius 3 is 2.56 bits per heavy atom. The first kappa shape index (κ1) is 13.1. The number of thioether (sulfide) groups is 1. The molecule has 0 unspecified atom stereocenters. The fraction of sp³-hybridized carbons (Fsp3) is 0.273. The van der Waals surface area contributed by atoms with Crippen molar-refractivity contribution in [2.24, 2.45) is 5.10 Å². The van der Waals surface area contributed by atoms with Crippen LogP contribution in [0.5, 0.6) is 0 Å². The van der Waals surface area contributed by atoms with Gasteiger partial charge in [-0.3, -0.25) is 10.2 Å². The molecular weight excluding hydrogens is 244 g/mol. The van der Waals surface area contributed by atoms with E-state index in [1.54, 1.807) is 24.3 Å². The molecule has 5 heteroatoms. The molecule has 1 aromatic rings. The highest BCUT2D eigenvalue weighted by atomic mass is 35.5. The molecule has 0 aliphatic carbocycles. The van der Waals surface area contributed by atoms with E-state index in [0.717, 1.165) is 11.4 Å². The number of carbonyl (C=O) groups is 1. The molecular formula is C11H13ClN2OS. The molecule has 0 amide bonds. The molecule has 0 spiro atoms. The predicted molar refractivity (Wildman–Crippen MR) is 71.3 cm³/mol. The molecule has 86 valence electrons. The van der Waals surface area contributed by atoms with Crippen molar-refractivity contribution in [3.63, 3.8) is 0 Å². The van der Waals surface area contributed by atoms with E-state index in [2.05, 4.69) is 10.5 Å². The van der Waals surface area contributed by atoms with Crippen molar-refractivity contribution >= 4 is 39.9 Å². The van der Waals surface area contributed by atoms with Gasteiger partial charge in [-0.1, -0.05) is 18.5 Å². The highest BCUT2D eigenvalue weighted by Crippen LogP contribution is 2.14. The summed E-state index contributed by atoms with van der Waals surface area (Å²) in [5.74, 6) is 0.786. The number of Topliss-reactive ketones (excluding diaryl/α,β-unsaturated/α-hetero) is 1. The molecule has 0 heterocycles. The van der Waals surface area contributed by atoms with Crippen LogP contribution in [0.2, 0.25) is 5.02 Å². The van der Waals surface area contributed by atoms with Gasteiger partial charge in [0.25, 0.3) is 0 Å². The summed E-state index contributed by atoms with van der Waals surface area (Å²) in [4.78, 5) is 11.2. The largest absolute Gasteiger partial charge is 0.292 e. The number of hydrogen-bond donors (Lipinski definition) is 1. The van der Waals surface area contributed by atoms with Crippen molar-refractivity contribution in [1.82, 2.24) is 0 Å². The van der Waals surface area contributed by atoms with Crippen LogP contribution in [0.4, 0.5) is 5.69 Å². The van der Waals surface area contributed by atoms with Crippen LogP contribution >= 0.6 is 23.4 Å². The van der Waals surface area contributed by atoms with Crippen LogP contribution in [-0.4, -0.2) is 16.6 Å². The number of ketones is 1. The molecule has 0 radical (unpaired) electrons. The molecule has 3 nitrogen and oxygen atoms in total. The summed E-state index contributed by atoms with van der Waals surface area (Å²) in [7, 11) is 0. The Morgan fingerprint density at radius 2 is 2.06 bits per heavy atom. The van der Waals surface area contributed by atoms with Crippen LogP contribution in [0, 0.1) is 0 Å². The van der Waals surface area contributed by atoms with Crippen LogP contribution in [-0.2, 0) is 4.79 Å². The average molecular weight is 257 g/mol. The summed E-state index contributed by atoms with van der Waals surface area (Å²) in [5, 5.41) is 5.20. The molecule has 0 aliphatic rings. The Labute approximate surface area is 104 Å². The third kappa shape index (κ3) is 4.24. The lowest BCUT2D eigenvalue weighted by Gasteiger charge is -2.03. The van der Waals surface area contributed by atoms with Gasteiger partial charge in [0, 0.05) is 11.9 Å². The highest BCUT2D eigenvalue weighted by molar-refractivity contribution is 8.15. The van der Waals surface area contributed by atoms with Gasteiger partial charge in [0.15, 0.2) is 10.8 Å². The third-order valence-corrected chi connectivity index (χ3v) is 2.91. The Balaban J connectivity index is 2.69. The number of nitrogens with zero attached hydrogens (tertiary/aromatic N) is 1. The minimum Gasteiger partial charge on any atom is -0.292 e. The third-order valence-electron chi connectivity index (χ3n) is 1.71. The molecule has 1 aromatic carbocycles. The second kappa shape index (κ2) is 6.55. The molecule has 0 saturated carbocycles. The number of carbonyl (C=O) groups excluding carboxylic acids is 1. The van der Waals surface area contributed by atoms with Crippen LogP contribution in [0.3, 0.4) is 0 Å². The Kier molecular flexibility index (Phi) is 5.35. The van der Waals surface area contributed by atoms with E-state index >= 15 is 0 Å². The number of anilines is 1. The zero-order valence-electron chi connectivity index (χ0n) is 9.16. The zero-order chi connectivity index (χ0) is 12.0. The van der Waals surface area contributed by atoms with Crippen molar-refractivity contribution in [3.05, 3.63) is 29.3 Å². The van der Waals surface area contributed by atoms with Gasteiger partial charge in [0.05, 0.1) is 5.69 Å². The van der Waals surface area contributed by atoms with Crippen molar-refractivity contribution in [2.75, 3.05) is 11.2 Å². The highest BCUT2D eigenvalue weighted by Gasteiger charge is 2.04. The Morgan fingerprint density at radius 1 is 1.44 bits per heavy atom. The lowest BCUT2D eigenvalue weighted by Crippen LogP contribution is -2.08. The van der Waals surface area contributed by atoms with E-state index in [9.17, 15) is 4.79 Å². The van der Waals surface area contributed by atoms with Crippen molar-refractivity contribution < 1.29 is 4.79 Å². The average Bonchev–Trinajstić information content (AvgIpc) is 2.26. The van der Waals surface area contributed by atoms with Crippen molar-refractivity contribution in [3.8, 4) is 0 Å². The molecule has 16 heavy (non-hydrogen) atoms. The second-order valence-electron chi connectivity index (χ2n) is 3.02. The van der Waals surface area contributed by atoms with E-state index in [4.69, 9.17) is 11.6 Å². The fourth-order valence-corrected chi connectivity index (χ4v) is 1.70. The summed E-state index contributed by atoms with van der Waals surface area (Å²) in [5.41, 5.74) is 3.63. The first-order valence-corrected chi connectivity index (χ1v) is 6.23. The van der Waals surface area contributed by atoms with Crippen LogP contribution < -0.4 is 5.43 Å². The molecule has 0 atom stereocenters. The number of halogens is 1. The van der Waals surface area contributed by atoms with Crippen molar-refractivity contribution in [2.45, 2.75) is 13.8 Å². The summed E-state index contributed by atoms with van der Waals surface area (Å²) in [6.07, 6.45) is 0. The molecule has 0 fully saturated rings. The summed E-state index contributed by atoms with van der Waals surface area (Å²) >= 11 is 7.17. The zero-order valence-corrected chi connectivity index (χ0v) is 10.7. The normalized spacial score (nSPS) is 11.3. The van der Waals surface area contributed by atoms with Gasteiger partial charge in [0.1, 0.15) is 0 Å².